The molecule has 2 saturated heterocycles. The number of ether oxygens (including phenoxy) is 10. The van der Waals surface area contributed by atoms with Crippen molar-refractivity contribution in [1.82, 2.24) is 29.2 Å². The number of nitrogens with one attached hydrogen (secondary N) is 2. The fraction of sp³-hybridized carbons (Fsp3) is 0.588. The molecule has 0 bridgehead atoms. The Balaban J connectivity index is 0.000000224. The lowest BCUT2D eigenvalue weighted by Crippen LogP contribution is -2.48. The van der Waals surface area contributed by atoms with E-state index < -0.39 is 111 Å². The molecule has 14 atom stereocenters. The topological polar surface area (TPSA) is 353 Å². The van der Waals surface area contributed by atoms with Gasteiger partial charge in [-0.25, -0.2) is 26.8 Å². The molecule has 4 aliphatic carbocycles. The number of allylic oxidation sites excluding steroid dienone is 4. The number of fused-ring (bicyclic) bond motifs is 6. The fourth-order valence-electron chi connectivity index (χ4n) is 19.3. The molecule has 0 radical (unpaired) electrons. The molecule has 2 aromatic heterocycles. The number of aromatic nitrogens is 2. The van der Waals surface area contributed by atoms with E-state index in [0.717, 1.165) is 24.0 Å². The molecule has 4 amide bonds. The third-order valence-corrected chi connectivity index (χ3v) is 31.7. The monoisotopic (exact) mass is 1860 g/mol. The first-order valence-electron chi connectivity index (χ1n) is 46.7. The van der Waals surface area contributed by atoms with Crippen LogP contribution in [0.4, 0.5) is 0 Å². The zero-order chi connectivity index (χ0) is 95.9. The lowest BCUT2D eigenvalue weighted by molar-refractivity contribution is -0.160. The van der Waals surface area contributed by atoms with Gasteiger partial charge < -0.3 is 57.2 Å². The molecular weight excluding hydrogens is 1730 g/mol. The van der Waals surface area contributed by atoms with Crippen molar-refractivity contribution >= 4 is 88.7 Å². The summed E-state index contributed by atoms with van der Waals surface area (Å²) in [6.45, 7) is 29.9. The van der Waals surface area contributed by atoms with Gasteiger partial charge in [-0.1, -0.05) is 52.0 Å². The molecule has 716 valence electrons. The molecule has 30 heteroatoms. The Kier molecular flexibility index (Phi) is 29.5. The first-order chi connectivity index (χ1) is 62.1. The first-order valence-corrected chi connectivity index (χ1v) is 49.7. The largest absolute Gasteiger partial charge is 0.497 e. The van der Waals surface area contributed by atoms with E-state index in [1.165, 1.54) is 9.80 Å². The third kappa shape index (κ3) is 22.5. The van der Waals surface area contributed by atoms with Crippen molar-refractivity contribution < 1.29 is 103 Å². The van der Waals surface area contributed by atoms with Gasteiger partial charge in [0.15, 0.2) is 23.1 Å². The van der Waals surface area contributed by atoms with Gasteiger partial charge in [-0.2, -0.15) is 0 Å². The Morgan fingerprint density at radius 2 is 0.833 bits per heavy atom. The molecule has 132 heavy (non-hydrogen) atoms. The standard InChI is InChI=1S/2C51H67N3O11S/c2*1-30(2)63-35-17-15-33(16-18-35)44-45(62-10)40-24-36(61-9)19-20-38(40)46(52-44)64-37-25-41-42(55)28-51(48(58)53-66(59,60)50(8)21-22-50)27-34(51)14-12-11-13-31(3)23-32(4)39(47(57)54(41)29-37)26-43(56)65-49(5,6)7/h2*12,14-20,24,30-32,34,37,39,41H,11,13,21-23,25-29H2,1-10H3,(H,53,58)/b2*14-12-/t31-,32+,34+,37+,39-,41-,51+;31-,32-,34-,37-,39+,41+,51-/m01/s1. The molecule has 2 N–H and O–H groups in total. The Labute approximate surface area is 777 Å². The van der Waals surface area contributed by atoms with Crippen molar-refractivity contribution in [2.24, 2.45) is 58.2 Å². The van der Waals surface area contributed by atoms with Gasteiger partial charge in [-0.15, -0.1) is 0 Å². The number of carbonyl (C=O) groups is 8. The number of hydrogen-bond donors (Lipinski definition) is 2. The highest BCUT2D eigenvalue weighted by Crippen LogP contribution is 2.60. The maximum absolute atomic E-state index is 15.2. The van der Waals surface area contributed by atoms with Crippen molar-refractivity contribution in [2.75, 3.05) is 41.5 Å². The maximum Gasteiger partial charge on any atom is 0.307 e. The lowest BCUT2D eigenvalue weighted by atomic mass is 9.82. The molecule has 4 aromatic carbocycles. The van der Waals surface area contributed by atoms with Crippen LogP contribution >= 0.6 is 0 Å². The number of methoxy groups -OCH3 is 4. The minimum absolute atomic E-state index is 0.0144. The molecule has 8 aliphatic rings. The molecular formula is C102H134N6O22S2. The zero-order valence-electron chi connectivity index (χ0n) is 80.2. The predicted octanol–water partition coefficient (Wildman–Crippen LogP) is 16.8. The number of Topliss-reactive ketones (excluding diaryl/α,β-unsaturated/α-hetero) is 2. The van der Waals surface area contributed by atoms with Gasteiger partial charge in [0.25, 0.3) is 0 Å². The van der Waals surface area contributed by atoms with Crippen molar-refractivity contribution in [2.45, 2.75) is 284 Å². The average molecular weight is 1860 g/mol. The van der Waals surface area contributed by atoms with Crippen LogP contribution in [-0.4, -0.2) is 182 Å². The van der Waals surface area contributed by atoms with Crippen molar-refractivity contribution in [3.05, 3.63) is 109 Å². The van der Waals surface area contributed by atoms with Gasteiger partial charge in [-0.05, 0) is 281 Å². The zero-order valence-corrected chi connectivity index (χ0v) is 81.8. The minimum atomic E-state index is -4.00. The van der Waals surface area contributed by atoms with Crippen LogP contribution in [0.1, 0.15) is 226 Å². The summed E-state index contributed by atoms with van der Waals surface area (Å²) in [5, 5.41) is 2.54. The summed E-state index contributed by atoms with van der Waals surface area (Å²) in [7, 11) is -1.70. The number of esters is 2. The summed E-state index contributed by atoms with van der Waals surface area (Å²) >= 11 is 0. The summed E-state index contributed by atoms with van der Waals surface area (Å²) < 4.78 is 117. The number of carbonyl (C=O) groups excluding carboxylic acids is 8. The molecule has 0 spiro atoms. The van der Waals surface area contributed by atoms with Crippen molar-refractivity contribution in [3.63, 3.8) is 0 Å². The quantitative estimate of drug-likeness (QED) is 0.0420. The second kappa shape index (κ2) is 39.3. The first kappa shape index (κ1) is 99.1. The molecule has 0 unspecified atom stereocenters. The highest BCUT2D eigenvalue weighted by molar-refractivity contribution is 7.92. The van der Waals surface area contributed by atoms with Crippen molar-refractivity contribution in [1.29, 1.82) is 0 Å². The van der Waals surface area contributed by atoms with Crippen LogP contribution in [0.25, 0.3) is 44.1 Å². The second-order valence-electron chi connectivity index (χ2n) is 41.2. The molecule has 6 aromatic rings. The number of rotatable bonds is 24. The number of pyridine rings is 2. The molecule has 4 saturated carbocycles. The average Bonchev–Trinajstić information content (AvgIpc) is 1.56. The number of ketones is 2. The summed E-state index contributed by atoms with van der Waals surface area (Å²) in [6, 6.07) is 23.8. The predicted molar refractivity (Wildman–Crippen MR) is 501 cm³/mol. The van der Waals surface area contributed by atoms with Gasteiger partial charge in [0.1, 0.15) is 57.8 Å². The second-order valence-corrected chi connectivity index (χ2v) is 45.6. The number of benzene rings is 4. The normalized spacial score (nSPS) is 27.2. The smallest absolute Gasteiger partial charge is 0.307 e. The lowest BCUT2D eigenvalue weighted by Gasteiger charge is -2.32. The van der Waals surface area contributed by atoms with Crippen LogP contribution in [0, 0.1) is 58.2 Å². The molecule has 14 rings (SSSR count). The Bertz CT molecular complexity index is 5290. The van der Waals surface area contributed by atoms with E-state index in [9.17, 15) is 45.6 Å². The number of sulfonamides is 2. The SMILES string of the molecule is COc1ccc2c(O[C@@H]3C[C@H]4C(=O)C[C@]5(C(=O)NS(=O)(=O)C6(C)CC6)C[C@H]5/C=C\CC[C@@H](C)C[C@@H](C)[C@H](CC(=O)OC(C)(C)C)C(=O)N4C3)nc(-c3ccc(OC(C)C)cc3)c(OC)c2c1.COc1ccc2c(O[C@@H]3C[C@H]4C(=O)C[C@]5(C(=O)NS(=O)(=O)C6(C)CC6)C[C@H]5/C=C\CC[C@H](C)C[C@@H](C)[C@H](CC(=O)OC(C)(C)C)C(=O)N4C3)nc(-c3ccc(OC(C)C)cc3)c(OC)c2c1. The van der Waals surface area contributed by atoms with E-state index in [1.54, 1.807) is 96.0 Å². The van der Waals surface area contributed by atoms with Crippen LogP contribution < -0.4 is 47.3 Å². The van der Waals surface area contributed by atoms with Crippen LogP contribution in [-0.2, 0) is 67.9 Å². The minimum Gasteiger partial charge on any atom is -0.497 e. The molecule has 28 nitrogen and oxygen atoms in total. The Morgan fingerprint density at radius 3 is 1.15 bits per heavy atom. The Hall–Kier alpha value is -10.4. The number of nitrogens with zero attached hydrogens (tertiary/aromatic N) is 4. The number of hydrogen-bond acceptors (Lipinski definition) is 24. The van der Waals surface area contributed by atoms with Gasteiger partial charge in [0, 0.05) is 58.4 Å². The molecule has 4 aliphatic heterocycles. The van der Waals surface area contributed by atoms with Gasteiger partial charge >= 0.3 is 11.9 Å². The summed E-state index contributed by atoms with van der Waals surface area (Å²) in [4.78, 5) is 129. The Morgan fingerprint density at radius 1 is 0.485 bits per heavy atom. The van der Waals surface area contributed by atoms with Crippen LogP contribution in [0.2, 0.25) is 0 Å². The summed E-state index contributed by atoms with van der Waals surface area (Å²) in [6.07, 6.45) is 12.2. The van der Waals surface area contributed by atoms with E-state index in [1.807, 2.05) is 139 Å². The van der Waals surface area contributed by atoms with E-state index in [2.05, 4.69) is 23.3 Å². The highest BCUT2D eigenvalue weighted by atomic mass is 32.2. The summed E-state index contributed by atoms with van der Waals surface area (Å²) in [5.41, 5.74) is -1.77. The van der Waals surface area contributed by atoms with Crippen LogP contribution in [0.15, 0.2) is 109 Å². The van der Waals surface area contributed by atoms with E-state index >= 15 is 9.59 Å². The molecule has 6 fully saturated rings. The van der Waals surface area contributed by atoms with Crippen molar-refractivity contribution in [3.8, 4) is 68.8 Å². The van der Waals surface area contributed by atoms with E-state index in [0.29, 0.717) is 132 Å². The van der Waals surface area contributed by atoms with Crippen LogP contribution in [0.5, 0.6) is 46.3 Å². The van der Waals surface area contributed by atoms with Gasteiger partial charge in [0.2, 0.25) is 55.4 Å². The summed E-state index contributed by atoms with van der Waals surface area (Å²) in [5.74, 6) is -2.50. The highest BCUT2D eigenvalue weighted by Gasteiger charge is 2.65. The van der Waals surface area contributed by atoms with E-state index in [-0.39, 0.29) is 134 Å². The van der Waals surface area contributed by atoms with Gasteiger partial charge in [-0.3, -0.25) is 47.8 Å². The van der Waals surface area contributed by atoms with Gasteiger partial charge in [0.05, 0.1) is 111 Å². The van der Waals surface area contributed by atoms with E-state index in [4.69, 9.17) is 57.3 Å². The maximum atomic E-state index is 15.2. The fourth-order valence-corrected chi connectivity index (χ4v) is 21.9. The number of amides is 4. The molecule has 6 heterocycles. The third-order valence-electron chi connectivity index (χ3n) is 27.4. The van der Waals surface area contributed by atoms with Crippen LogP contribution in [0.3, 0.4) is 0 Å².